The maximum absolute atomic E-state index is 13.3. The minimum absolute atomic E-state index is 0.183. The van der Waals surface area contributed by atoms with Crippen molar-refractivity contribution in [3.63, 3.8) is 0 Å². The summed E-state index contributed by atoms with van der Waals surface area (Å²) in [6.07, 6.45) is 1.22. The monoisotopic (exact) mass is 512 g/mol. The van der Waals surface area contributed by atoms with E-state index in [4.69, 9.17) is 0 Å². The van der Waals surface area contributed by atoms with E-state index in [1.807, 2.05) is 99.6 Å². The van der Waals surface area contributed by atoms with Crippen LogP contribution in [0.25, 0.3) is 0 Å². The Hall–Kier alpha value is -3.90. The topological polar surface area (TPSA) is 66.5 Å². The Morgan fingerprint density at radius 1 is 0.784 bits per heavy atom. The average Bonchev–Trinajstić information content (AvgIpc) is 2.87. The smallest absolute Gasteiger partial charge is 0.252 e. The SMILES string of the molecule is Cc1cccc([C@H](NC(=O)c2ccc(CN(c3c(C)cccc3C)S(C)(=O)=O)cc2)c2ccccc2)c1. The predicted octanol–water partition coefficient (Wildman–Crippen LogP) is 6.10. The van der Waals surface area contributed by atoms with E-state index >= 15 is 0 Å². The van der Waals surface area contributed by atoms with Crippen molar-refractivity contribution >= 4 is 21.6 Å². The van der Waals surface area contributed by atoms with Crippen LogP contribution in [0.4, 0.5) is 5.69 Å². The largest absolute Gasteiger partial charge is 0.341 e. The van der Waals surface area contributed by atoms with Gasteiger partial charge in [0.1, 0.15) is 0 Å². The van der Waals surface area contributed by atoms with Gasteiger partial charge in [0.25, 0.3) is 5.91 Å². The quantitative estimate of drug-likeness (QED) is 0.310. The molecule has 0 saturated carbocycles. The lowest BCUT2D eigenvalue weighted by Crippen LogP contribution is -2.31. The molecular formula is C31H32N2O3S. The first-order valence-electron chi connectivity index (χ1n) is 12.2. The molecular weight excluding hydrogens is 480 g/mol. The number of amides is 1. The third-order valence-corrected chi connectivity index (χ3v) is 7.53. The number of para-hydroxylation sites is 1. The van der Waals surface area contributed by atoms with E-state index in [-0.39, 0.29) is 18.5 Å². The molecule has 0 aliphatic rings. The second kappa shape index (κ2) is 11.0. The highest BCUT2D eigenvalue weighted by Crippen LogP contribution is 2.29. The summed E-state index contributed by atoms with van der Waals surface area (Å²) in [7, 11) is -3.51. The van der Waals surface area contributed by atoms with Gasteiger partial charge in [-0.3, -0.25) is 9.10 Å². The van der Waals surface area contributed by atoms with Gasteiger partial charge in [-0.25, -0.2) is 8.42 Å². The Balaban J connectivity index is 1.58. The molecule has 0 aliphatic heterocycles. The summed E-state index contributed by atoms with van der Waals surface area (Å²) in [6.45, 7) is 6.03. The summed E-state index contributed by atoms with van der Waals surface area (Å²) < 4.78 is 26.8. The van der Waals surface area contributed by atoms with E-state index in [1.54, 1.807) is 12.1 Å². The molecule has 0 spiro atoms. The van der Waals surface area contributed by atoms with Crippen LogP contribution in [0.1, 0.15) is 49.8 Å². The van der Waals surface area contributed by atoms with Crippen LogP contribution in [-0.2, 0) is 16.6 Å². The molecule has 1 amide bonds. The van der Waals surface area contributed by atoms with E-state index < -0.39 is 10.0 Å². The van der Waals surface area contributed by atoms with Crippen LogP contribution < -0.4 is 9.62 Å². The summed E-state index contributed by atoms with van der Waals surface area (Å²) in [6, 6.07) is 30.5. The van der Waals surface area contributed by atoms with Crippen molar-refractivity contribution in [2.24, 2.45) is 0 Å². The Kier molecular flexibility index (Phi) is 7.79. The Morgan fingerprint density at radius 3 is 1.97 bits per heavy atom. The fourth-order valence-corrected chi connectivity index (χ4v) is 5.56. The predicted molar refractivity (Wildman–Crippen MR) is 150 cm³/mol. The lowest BCUT2D eigenvalue weighted by atomic mass is 9.97. The molecule has 0 heterocycles. The van der Waals surface area contributed by atoms with Gasteiger partial charge >= 0.3 is 0 Å². The normalized spacial score (nSPS) is 12.1. The van der Waals surface area contributed by atoms with Crippen molar-refractivity contribution in [3.8, 4) is 0 Å². The third-order valence-electron chi connectivity index (χ3n) is 6.42. The molecule has 1 N–H and O–H groups in total. The van der Waals surface area contributed by atoms with Gasteiger partial charge in [-0.1, -0.05) is 90.5 Å². The summed E-state index contributed by atoms with van der Waals surface area (Å²) in [5, 5.41) is 3.17. The van der Waals surface area contributed by atoms with Crippen molar-refractivity contribution in [3.05, 3.63) is 136 Å². The molecule has 6 heteroatoms. The van der Waals surface area contributed by atoms with Crippen molar-refractivity contribution < 1.29 is 13.2 Å². The van der Waals surface area contributed by atoms with Gasteiger partial charge in [0, 0.05) is 5.56 Å². The molecule has 5 nitrogen and oxygen atoms in total. The number of hydrogen-bond acceptors (Lipinski definition) is 3. The zero-order valence-corrected chi connectivity index (χ0v) is 22.4. The Morgan fingerprint density at radius 2 is 1.38 bits per heavy atom. The number of nitrogens with one attached hydrogen (secondary N) is 1. The molecule has 1 atom stereocenters. The number of benzene rings is 4. The van der Waals surface area contributed by atoms with Crippen molar-refractivity contribution in [2.45, 2.75) is 33.4 Å². The van der Waals surface area contributed by atoms with Crippen LogP contribution in [-0.4, -0.2) is 20.6 Å². The summed E-state index contributed by atoms with van der Waals surface area (Å²) in [5.41, 5.74) is 6.91. The maximum atomic E-state index is 13.3. The number of aryl methyl sites for hydroxylation is 3. The fraction of sp³-hybridized carbons (Fsp3) is 0.194. The van der Waals surface area contributed by atoms with E-state index in [2.05, 4.69) is 11.4 Å². The van der Waals surface area contributed by atoms with Gasteiger partial charge in [0.2, 0.25) is 10.0 Å². The second-order valence-electron chi connectivity index (χ2n) is 9.44. The van der Waals surface area contributed by atoms with E-state index in [1.165, 1.54) is 10.6 Å². The number of carbonyl (C=O) groups excluding carboxylic acids is 1. The lowest BCUT2D eigenvalue weighted by Gasteiger charge is -2.26. The first-order valence-corrected chi connectivity index (χ1v) is 14.0. The van der Waals surface area contributed by atoms with E-state index in [0.717, 1.165) is 33.4 Å². The maximum Gasteiger partial charge on any atom is 0.252 e. The minimum atomic E-state index is -3.51. The van der Waals surface area contributed by atoms with Gasteiger partial charge in [-0.05, 0) is 60.7 Å². The fourth-order valence-electron chi connectivity index (χ4n) is 4.56. The molecule has 0 radical (unpaired) electrons. The molecule has 0 saturated heterocycles. The first-order chi connectivity index (χ1) is 17.6. The van der Waals surface area contributed by atoms with Crippen LogP contribution >= 0.6 is 0 Å². The van der Waals surface area contributed by atoms with Crippen LogP contribution in [0.5, 0.6) is 0 Å². The van der Waals surface area contributed by atoms with Crippen molar-refractivity contribution in [1.82, 2.24) is 5.32 Å². The average molecular weight is 513 g/mol. The highest BCUT2D eigenvalue weighted by molar-refractivity contribution is 7.92. The van der Waals surface area contributed by atoms with E-state index in [0.29, 0.717) is 11.3 Å². The van der Waals surface area contributed by atoms with Gasteiger partial charge in [-0.2, -0.15) is 0 Å². The highest BCUT2D eigenvalue weighted by Gasteiger charge is 2.22. The molecule has 0 unspecified atom stereocenters. The standard InChI is InChI=1S/C31H32N2O3S/c1-22-10-8-15-28(20-22)29(26-13-6-5-7-14-26)32-31(34)27-18-16-25(17-19-27)21-33(37(4,35)36)30-23(2)11-9-12-24(30)3/h5-20,29H,21H2,1-4H3,(H,32,34)/t29-/m1/s1. The Labute approximate surface area is 219 Å². The van der Waals surface area contributed by atoms with Crippen LogP contribution in [0.15, 0.2) is 97.1 Å². The van der Waals surface area contributed by atoms with Gasteiger partial charge < -0.3 is 5.32 Å². The van der Waals surface area contributed by atoms with Crippen LogP contribution in [0.3, 0.4) is 0 Å². The van der Waals surface area contributed by atoms with Crippen LogP contribution in [0, 0.1) is 20.8 Å². The zero-order chi connectivity index (χ0) is 26.6. The van der Waals surface area contributed by atoms with Crippen molar-refractivity contribution in [2.75, 3.05) is 10.6 Å². The zero-order valence-electron chi connectivity index (χ0n) is 21.6. The number of hydrogen-bond donors (Lipinski definition) is 1. The molecule has 190 valence electrons. The van der Waals surface area contributed by atoms with Gasteiger partial charge in [0.15, 0.2) is 0 Å². The van der Waals surface area contributed by atoms with Crippen molar-refractivity contribution in [1.29, 1.82) is 0 Å². The molecule has 0 fully saturated rings. The molecule has 37 heavy (non-hydrogen) atoms. The molecule has 4 aromatic carbocycles. The number of sulfonamides is 1. The molecule has 0 aromatic heterocycles. The Bertz CT molecular complexity index is 1480. The summed E-state index contributed by atoms with van der Waals surface area (Å²) >= 11 is 0. The van der Waals surface area contributed by atoms with Crippen LogP contribution in [0.2, 0.25) is 0 Å². The number of nitrogens with zero attached hydrogens (tertiary/aromatic N) is 1. The summed E-state index contributed by atoms with van der Waals surface area (Å²) in [4.78, 5) is 13.3. The van der Waals surface area contributed by atoms with Gasteiger partial charge in [0.05, 0.1) is 24.5 Å². The number of carbonyl (C=O) groups is 1. The molecule has 4 rings (SSSR count). The summed E-state index contributed by atoms with van der Waals surface area (Å²) in [5.74, 6) is -0.198. The first kappa shape index (κ1) is 26.2. The van der Waals surface area contributed by atoms with E-state index in [9.17, 15) is 13.2 Å². The number of anilines is 1. The lowest BCUT2D eigenvalue weighted by molar-refractivity contribution is 0.0943. The number of rotatable bonds is 8. The highest BCUT2D eigenvalue weighted by atomic mass is 32.2. The van der Waals surface area contributed by atoms with Gasteiger partial charge in [-0.15, -0.1) is 0 Å². The molecule has 0 aliphatic carbocycles. The molecule has 0 bridgehead atoms. The third kappa shape index (κ3) is 6.27. The minimum Gasteiger partial charge on any atom is -0.341 e. The second-order valence-corrected chi connectivity index (χ2v) is 11.3. The molecule has 4 aromatic rings.